The van der Waals surface area contributed by atoms with Crippen molar-refractivity contribution in [2.45, 2.75) is 19.6 Å². The molecule has 0 unspecified atom stereocenters. The lowest BCUT2D eigenvalue weighted by Crippen LogP contribution is -2.44. The third-order valence-electron chi connectivity index (χ3n) is 6.33. The van der Waals surface area contributed by atoms with Crippen LogP contribution in [0.5, 0.6) is 0 Å². The van der Waals surface area contributed by atoms with Gasteiger partial charge in [-0.1, -0.05) is 18.2 Å². The number of hydrogen-bond acceptors (Lipinski definition) is 6. The van der Waals surface area contributed by atoms with E-state index in [4.69, 9.17) is 5.73 Å². The quantitative estimate of drug-likeness (QED) is 0.506. The lowest BCUT2D eigenvalue weighted by Gasteiger charge is -2.33. The number of aromatic nitrogens is 2. The maximum atomic E-state index is 13.9. The Morgan fingerprint density at radius 1 is 1.05 bits per heavy atom. The number of benzene rings is 2. The monoisotopic (exact) mass is 510 g/mol. The summed E-state index contributed by atoms with van der Waals surface area (Å²) in [6, 6.07) is 9.08. The van der Waals surface area contributed by atoms with Crippen LogP contribution >= 0.6 is 0 Å². The zero-order valence-electron chi connectivity index (χ0n) is 20.7. The molecule has 1 amide bonds. The van der Waals surface area contributed by atoms with Crippen molar-refractivity contribution in [1.82, 2.24) is 19.8 Å². The van der Waals surface area contributed by atoms with Gasteiger partial charge in [0.05, 0.1) is 23.7 Å². The Morgan fingerprint density at radius 3 is 2.49 bits per heavy atom. The Morgan fingerprint density at radius 2 is 1.81 bits per heavy atom. The molecule has 3 aromatic rings. The summed E-state index contributed by atoms with van der Waals surface area (Å²) < 4.78 is 41.7. The van der Waals surface area contributed by atoms with Crippen LogP contribution in [0.15, 0.2) is 48.8 Å². The predicted molar refractivity (Wildman–Crippen MR) is 139 cm³/mol. The maximum Gasteiger partial charge on any atom is 0.416 e. The van der Waals surface area contributed by atoms with E-state index in [0.717, 1.165) is 30.3 Å². The van der Waals surface area contributed by atoms with E-state index in [2.05, 4.69) is 20.2 Å². The van der Waals surface area contributed by atoms with Gasteiger partial charge in [0.25, 0.3) is 5.91 Å². The number of amides is 1. The van der Waals surface area contributed by atoms with Crippen molar-refractivity contribution in [3.63, 3.8) is 0 Å². The number of carbonyl (C=O) groups excluding carboxylic acids is 1. The summed E-state index contributed by atoms with van der Waals surface area (Å²) in [7, 11) is 1.99. The molecular formula is C27H29F3N6O. The standard InChI is InChI=1S/C27H29F3N6O/c1-18-3-7-22(13-19(18)6-8-23-15-33-25(31)16-32-23)34-26(37)20-4-5-21(24(14-20)27(28,29)30)17-36-11-9-35(2)10-12-36/h3-8,13-16H,9-12,17H2,1-2H3,(H2,31,33)(H,34,37). The Balaban J connectivity index is 1.51. The second kappa shape index (κ2) is 11.1. The smallest absolute Gasteiger partial charge is 0.382 e. The van der Waals surface area contributed by atoms with Crippen molar-refractivity contribution in [2.24, 2.45) is 0 Å². The van der Waals surface area contributed by atoms with Crippen LogP contribution in [0.25, 0.3) is 12.2 Å². The molecule has 4 rings (SSSR count). The average Bonchev–Trinajstić information content (AvgIpc) is 2.86. The summed E-state index contributed by atoms with van der Waals surface area (Å²) in [6.45, 7) is 5.12. The third-order valence-corrected chi connectivity index (χ3v) is 6.33. The molecule has 10 heteroatoms. The lowest BCUT2D eigenvalue weighted by molar-refractivity contribution is -0.138. The second-order valence-electron chi connectivity index (χ2n) is 9.17. The number of hydrogen-bond donors (Lipinski definition) is 2. The van der Waals surface area contributed by atoms with Gasteiger partial charge in [0, 0.05) is 44.0 Å². The van der Waals surface area contributed by atoms with Crippen LogP contribution in [0.3, 0.4) is 0 Å². The Hall–Kier alpha value is -3.76. The van der Waals surface area contributed by atoms with Crippen LogP contribution in [0.2, 0.25) is 0 Å². The van der Waals surface area contributed by atoms with Crippen LogP contribution in [0, 0.1) is 6.92 Å². The first-order valence-electron chi connectivity index (χ1n) is 11.9. The minimum atomic E-state index is -4.56. The fraction of sp³-hybridized carbons (Fsp3) is 0.296. The van der Waals surface area contributed by atoms with Gasteiger partial charge in [-0.05, 0) is 61.0 Å². The number of carbonyl (C=O) groups is 1. The zero-order valence-corrected chi connectivity index (χ0v) is 20.7. The summed E-state index contributed by atoms with van der Waals surface area (Å²) in [5.74, 6) is -0.293. The van der Waals surface area contributed by atoms with E-state index in [1.807, 2.05) is 31.0 Å². The maximum absolute atomic E-state index is 13.9. The molecule has 2 aromatic carbocycles. The molecule has 1 aliphatic rings. The van der Waals surface area contributed by atoms with Crippen LogP contribution < -0.4 is 11.1 Å². The largest absolute Gasteiger partial charge is 0.416 e. The number of aryl methyl sites for hydroxylation is 1. The highest BCUT2D eigenvalue weighted by molar-refractivity contribution is 6.04. The van der Waals surface area contributed by atoms with E-state index < -0.39 is 17.6 Å². The predicted octanol–water partition coefficient (Wildman–Crippen LogP) is 4.56. The normalized spacial score (nSPS) is 15.3. The number of piperazine rings is 1. The van der Waals surface area contributed by atoms with Crippen LogP contribution in [0.1, 0.15) is 38.3 Å². The summed E-state index contributed by atoms with van der Waals surface area (Å²) in [5.41, 5.74) is 7.73. The molecule has 1 saturated heterocycles. The van der Waals surface area contributed by atoms with E-state index in [1.165, 1.54) is 18.3 Å². The van der Waals surface area contributed by atoms with Gasteiger partial charge in [-0.2, -0.15) is 13.2 Å². The molecule has 0 aliphatic carbocycles. The first-order chi connectivity index (χ1) is 17.6. The summed E-state index contributed by atoms with van der Waals surface area (Å²) in [6.07, 6.45) is 2.01. The van der Waals surface area contributed by atoms with E-state index in [1.54, 1.807) is 24.4 Å². The molecule has 3 N–H and O–H groups in total. The van der Waals surface area contributed by atoms with Gasteiger partial charge < -0.3 is 16.0 Å². The Labute approximate surface area is 213 Å². The van der Waals surface area contributed by atoms with Gasteiger partial charge in [-0.25, -0.2) is 4.98 Å². The highest BCUT2D eigenvalue weighted by Crippen LogP contribution is 2.34. The topological polar surface area (TPSA) is 87.4 Å². The molecule has 2 heterocycles. The average molecular weight is 511 g/mol. The number of anilines is 2. The van der Waals surface area contributed by atoms with Crippen molar-refractivity contribution in [3.8, 4) is 0 Å². The molecule has 1 aliphatic heterocycles. The first-order valence-corrected chi connectivity index (χ1v) is 11.9. The minimum absolute atomic E-state index is 0.0516. The number of nitrogens with two attached hydrogens (primary N) is 1. The van der Waals surface area contributed by atoms with Gasteiger partial charge in [0.15, 0.2) is 0 Å². The van der Waals surface area contributed by atoms with Crippen LogP contribution in [-0.4, -0.2) is 58.9 Å². The molecule has 1 fully saturated rings. The number of nitrogens with zero attached hydrogens (tertiary/aromatic N) is 4. The number of alkyl halides is 3. The molecule has 0 atom stereocenters. The van der Waals surface area contributed by atoms with Crippen molar-refractivity contribution in [3.05, 3.63) is 82.3 Å². The highest BCUT2D eigenvalue weighted by Gasteiger charge is 2.34. The number of halogens is 3. The van der Waals surface area contributed by atoms with Crippen molar-refractivity contribution < 1.29 is 18.0 Å². The van der Waals surface area contributed by atoms with Crippen LogP contribution in [-0.2, 0) is 12.7 Å². The van der Waals surface area contributed by atoms with E-state index >= 15 is 0 Å². The van der Waals surface area contributed by atoms with Gasteiger partial charge in [-0.3, -0.25) is 14.7 Å². The van der Waals surface area contributed by atoms with Crippen molar-refractivity contribution >= 4 is 29.6 Å². The summed E-state index contributed by atoms with van der Waals surface area (Å²) >= 11 is 0. The molecule has 0 spiro atoms. The molecule has 0 bridgehead atoms. The number of nitrogen functional groups attached to an aromatic ring is 1. The number of rotatable bonds is 6. The molecule has 194 valence electrons. The van der Waals surface area contributed by atoms with Crippen LogP contribution in [0.4, 0.5) is 24.7 Å². The molecule has 0 saturated carbocycles. The van der Waals surface area contributed by atoms with Crippen molar-refractivity contribution in [1.29, 1.82) is 0 Å². The first kappa shape index (κ1) is 26.3. The second-order valence-corrected chi connectivity index (χ2v) is 9.17. The van der Waals surface area contributed by atoms with Crippen molar-refractivity contribution in [2.75, 3.05) is 44.3 Å². The molecule has 37 heavy (non-hydrogen) atoms. The Bertz CT molecular complexity index is 1280. The minimum Gasteiger partial charge on any atom is -0.382 e. The number of nitrogens with one attached hydrogen (secondary N) is 1. The zero-order chi connectivity index (χ0) is 26.6. The lowest BCUT2D eigenvalue weighted by atomic mass is 10.0. The molecular weight excluding hydrogens is 481 g/mol. The molecule has 7 nitrogen and oxygen atoms in total. The Kier molecular flexibility index (Phi) is 7.89. The van der Waals surface area contributed by atoms with E-state index in [-0.39, 0.29) is 17.7 Å². The third kappa shape index (κ3) is 6.93. The van der Waals surface area contributed by atoms with E-state index in [0.29, 0.717) is 30.3 Å². The van der Waals surface area contributed by atoms with Gasteiger partial charge in [-0.15, -0.1) is 0 Å². The fourth-order valence-corrected chi connectivity index (χ4v) is 4.08. The highest BCUT2D eigenvalue weighted by atomic mass is 19.4. The molecule has 0 radical (unpaired) electrons. The fourth-order valence-electron chi connectivity index (χ4n) is 4.08. The van der Waals surface area contributed by atoms with E-state index in [9.17, 15) is 18.0 Å². The number of likely N-dealkylation sites (N-methyl/N-ethyl adjacent to an activating group) is 1. The van der Waals surface area contributed by atoms with Gasteiger partial charge in [0.1, 0.15) is 5.82 Å². The summed E-state index contributed by atoms with van der Waals surface area (Å²) in [5, 5.41) is 2.72. The van der Waals surface area contributed by atoms with Gasteiger partial charge >= 0.3 is 6.18 Å². The summed E-state index contributed by atoms with van der Waals surface area (Å²) in [4.78, 5) is 25.2. The SMILES string of the molecule is Cc1ccc(NC(=O)c2ccc(CN3CCN(C)CC3)c(C(F)(F)F)c2)cc1C=Cc1cnc(N)cn1. The molecule has 1 aromatic heterocycles. The van der Waals surface area contributed by atoms with Gasteiger partial charge in [0.2, 0.25) is 0 Å².